The van der Waals surface area contributed by atoms with E-state index in [0.29, 0.717) is 12.1 Å². The minimum atomic E-state index is -0.568. The Morgan fingerprint density at radius 3 is 2.10 bits per heavy atom. The Bertz CT molecular complexity index is 349. The molecule has 1 N–H and O–H groups in total. The first-order chi connectivity index (χ1) is 10.3. The Kier molecular flexibility index (Phi) is 5.20. The first-order valence-corrected chi connectivity index (χ1v) is 9.27. The van der Waals surface area contributed by atoms with Crippen LogP contribution in [0.5, 0.6) is 0 Å². The maximum absolute atomic E-state index is 11.8. The lowest BCUT2D eigenvalue weighted by atomic mass is 9.74. The fourth-order valence-corrected chi connectivity index (χ4v) is 5.18. The fourth-order valence-electron chi connectivity index (χ4n) is 5.18. The molecule has 0 bridgehead atoms. The number of hydrogen-bond donors (Lipinski definition) is 1. The highest BCUT2D eigenvalue weighted by Gasteiger charge is 2.44. The van der Waals surface area contributed by atoms with Crippen molar-refractivity contribution in [2.24, 2.45) is 5.92 Å². The molecule has 120 valence electrons. The second kappa shape index (κ2) is 7.13. The van der Waals surface area contributed by atoms with E-state index in [1.807, 2.05) is 0 Å². The van der Waals surface area contributed by atoms with Gasteiger partial charge in [0.05, 0.1) is 0 Å². The van der Waals surface area contributed by atoms with Crippen molar-refractivity contribution in [1.29, 1.82) is 0 Å². The lowest BCUT2D eigenvalue weighted by Gasteiger charge is -2.51. The molecule has 3 unspecified atom stereocenters. The van der Waals surface area contributed by atoms with Gasteiger partial charge in [0.1, 0.15) is 6.04 Å². The van der Waals surface area contributed by atoms with Crippen molar-refractivity contribution in [3.8, 4) is 0 Å². The molecule has 3 atom stereocenters. The number of carboxylic acid groups (broad SMARTS) is 1. The summed E-state index contributed by atoms with van der Waals surface area (Å²) in [5.74, 6) is 0.209. The van der Waals surface area contributed by atoms with Gasteiger partial charge in [0.15, 0.2) is 0 Å². The molecule has 3 fully saturated rings. The van der Waals surface area contributed by atoms with Crippen LogP contribution < -0.4 is 0 Å². The van der Waals surface area contributed by atoms with Gasteiger partial charge in [-0.1, -0.05) is 44.9 Å². The van der Waals surface area contributed by atoms with Gasteiger partial charge in [-0.2, -0.15) is 0 Å². The minimum absolute atomic E-state index is 0.200. The van der Waals surface area contributed by atoms with Crippen molar-refractivity contribution in [2.45, 2.75) is 102 Å². The van der Waals surface area contributed by atoms with Crippen molar-refractivity contribution in [1.82, 2.24) is 4.90 Å². The average Bonchev–Trinajstić information content (AvgIpc) is 2.46. The summed E-state index contributed by atoms with van der Waals surface area (Å²) in [6.45, 7) is 0. The van der Waals surface area contributed by atoms with Gasteiger partial charge in [-0.05, 0) is 44.4 Å². The van der Waals surface area contributed by atoms with Crippen LogP contribution in [0.25, 0.3) is 0 Å². The summed E-state index contributed by atoms with van der Waals surface area (Å²) in [6.07, 6.45) is 16.4. The van der Waals surface area contributed by atoms with Crippen molar-refractivity contribution >= 4 is 5.97 Å². The van der Waals surface area contributed by atoms with Crippen molar-refractivity contribution < 1.29 is 9.90 Å². The monoisotopic (exact) mass is 293 g/mol. The Morgan fingerprint density at radius 2 is 1.38 bits per heavy atom. The summed E-state index contributed by atoms with van der Waals surface area (Å²) >= 11 is 0. The van der Waals surface area contributed by atoms with Crippen LogP contribution in [0.1, 0.15) is 83.5 Å². The van der Waals surface area contributed by atoms with Crippen LogP contribution in [-0.2, 0) is 4.79 Å². The summed E-state index contributed by atoms with van der Waals surface area (Å²) in [7, 11) is 0. The van der Waals surface area contributed by atoms with Crippen LogP contribution in [0.3, 0.4) is 0 Å². The van der Waals surface area contributed by atoms with Crippen LogP contribution in [0, 0.1) is 5.92 Å². The molecule has 21 heavy (non-hydrogen) atoms. The highest BCUT2D eigenvalue weighted by molar-refractivity contribution is 5.73. The highest BCUT2D eigenvalue weighted by Crippen LogP contribution is 2.40. The summed E-state index contributed by atoms with van der Waals surface area (Å²) < 4.78 is 0. The number of carboxylic acids is 1. The molecule has 3 rings (SSSR count). The van der Waals surface area contributed by atoms with Gasteiger partial charge in [0, 0.05) is 12.1 Å². The zero-order valence-corrected chi connectivity index (χ0v) is 13.3. The standard InChI is InChI=1S/C18H31NO2/c20-18(21)17-13-12-14-8-6-7-11-16(14)19(17)15-9-4-2-1-3-5-10-15/h14-17H,1-13H2,(H,20,21). The first-order valence-electron chi connectivity index (χ1n) is 9.27. The van der Waals surface area contributed by atoms with Crippen LogP contribution in [0.2, 0.25) is 0 Å². The molecule has 0 radical (unpaired) electrons. The molecule has 0 aromatic heterocycles. The Labute approximate surface area is 129 Å². The summed E-state index contributed by atoms with van der Waals surface area (Å²) in [5.41, 5.74) is 0. The molecule has 0 aromatic rings. The van der Waals surface area contributed by atoms with Crippen LogP contribution in [0.15, 0.2) is 0 Å². The SMILES string of the molecule is O=C(O)C1CCC2CCCCC2N1C1CCCCCCC1. The molecule has 2 saturated carbocycles. The van der Waals surface area contributed by atoms with E-state index in [2.05, 4.69) is 4.90 Å². The lowest BCUT2D eigenvalue weighted by Crippen LogP contribution is -2.59. The van der Waals surface area contributed by atoms with E-state index in [9.17, 15) is 9.90 Å². The predicted octanol–water partition coefficient (Wildman–Crippen LogP) is 4.21. The molecule has 3 nitrogen and oxygen atoms in total. The number of fused-ring (bicyclic) bond motifs is 1. The smallest absolute Gasteiger partial charge is 0.320 e. The van der Waals surface area contributed by atoms with E-state index in [-0.39, 0.29) is 6.04 Å². The maximum atomic E-state index is 11.8. The third-order valence-electron chi connectivity index (χ3n) is 6.20. The third-order valence-corrected chi connectivity index (χ3v) is 6.20. The second-order valence-corrected chi connectivity index (χ2v) is 7.49. The number of likely N-dealkylation sites (tertiary alicyclic amines) is 1. The van der Waals surface area contributed by atoms with Gasteiger partial charge in [-0.25, -0.2) is 0 Å². The molecule has 0 aromatic carbocycles. The predicted molar refractivity (Wildman–Crippen MR) is 84.3 cm³/mol. The van der Waals surface area contributed by atoms with E-state index in [0.717, 1.165) is 18.8 Å². The van der Waals surface area contributed by atoms with E-state index in [4.69, 9.17) is 0 Å². The number of piperidine rings is 1. The summed E-state index contributed by atoms with van der Waals surface area (Å²) in [6, 6.07) is 0.907. The molecular weight excluding hydrogens is 262 g/mol. The summed E-state index contributed by atoms with van der Waals surface area (Å²) in [5, 5.41) is 9.71. The zero-order valence-electron chi connectivity index (χ0n) is 13.3. The maximum Gasteiger partial charge on any atom is 0.320 e. The van der Waals surface area contributed by atoms with Crippen molar-refractivity contribution in [3.63, 3.8) is 0 Å². The number of carbonyl (C=O) groups is 1. The molecule has 0 amide bonds. The zero-order chi connectivity index (χ0) is 14.7. The van der Waals surface area contributed by atoms with Gasteiger partial charge in [-0.15, -0.1) is 0 Å². The van der Waals surface area contributed by atoms with Gasteiger partial charge in [-0.3, -0.25) is 9.69 Å². The van der Waals surface area contributed by atoms with Gasteiger partial charge in [0.2, 0.25) is 0 Å². The van der Waals surface area contributed by atoms with Crippen molar-refractivity contribution in [2.75, 3.05) is 0 Å². The molecule has 1 saturated heterocycles. The first kappa shape index (κ1) is 15.3. The number of hydrogen-bond acceptors (Lipinski definition) is 2. The normalized spacial score (nSPS) is 36.5. The number of nitrogens with zero attached hydrogens (tertiary/aromatic N) is 1. The average molecular weight is 293 g/mol. The van der Waals surface area contributed by atoms with Gasteiger partial charge >= 0.3 is 5.97 Å². The van der Waals surface area contributed by atoms with E-state index in [1.54, 1.807) is 0 Å². The Hall–Kier alpha value is -0.570. The third kappa shape index (κ3) is 3.44. The molecule has 1 aliphatic heterocycles. The summed E-state index contributed by atoms with van der Waals surface area (Å²) in [4.78, 5) is 14.3. The molecule has 3 heteroatoms. The second-order valence-electron chi connectivity index (χ2n) is 7.49. The Morgan fingerprint density at radius 1 is 0.762 bits per heavy atom. The minimum Gasteiger partial charge on any atom is -0.480 e. The molecular formula is C18H31NO2. The Balaban J connectivity index is 1.78. The quantitative estimate of drug-likeness (QED) is 0.829. The van der Waals surface area contributed by atoms with Crippen LogP contribution >= 0.6 is 0 Å². The molecule has 2 aliphatic carbocycles. The fraction of sp³-hybridized carbons (Fsp3) is 0.944. The lowest BCUT2D eigenvalue weighted by molar-refractivity contribution is -0.151. The largest absolute Gasteiger partial charge is 0.480 e. The number of rotatable bonds is 2. The van der Waals surface area contributed by atoms with Crippen molar-refractivity contribution in [3.05, 3.63) is 0 Å². The highest BCUT2D eigenvalue weighted by atomic mass is 16.4. The van der Waals surface area contributed by atoms with E-state index in [1.165, 1.54) is 70.6 Å². The van der Waals surface area contributed by atoms with E-state index < -0.39 is 5.97 Å². The van der Waals surface area contributed by atoms with Crippen LogP contribution in [0.4, 0.5) is 0 Å². The molecule has 0 spiro atoms. The van der Waals surface area contributed by atoms with Gasteiger partial charge < -0.3 is 5.11 Å². The number of aliphatic carboxylic acids is 1. The van der Waals surface area contributed by atoms with Gasteiger partial charge in [0.25, 0.3) is 0 Å². The van der Waals surface area contributed by atoms with E-state index >= 15 is 0 Å². The molecule has 3 aliphatic rings. The molecule has 1 heterocycles. The topological polar surface area (TPSA) is 40.5 Å². The van der Waals surface area contributed by atoms with Crippen LogP contribution in [-0.4, -0.2) is 34.1 Å².